The van der Waals surface area contributed by atoms with Gasteiger partial charge in [0.25, 0.3) is 0 Å². The zero-order valence-electron chi connectivity index (χ0n) is 8.06. The lowest BCUT2D eigenvalue weighted by molar-refractivity contribution is -0.134. The highest BCUT2D eigenvalue weighted by Crippen LogP contribution is 2.01. The highest BCUT2D eigenvalue weighted by molar-refractivity contribution is 7.75. The SMILES string of the molecule is CCCCCC(=O)OS(=O)OCC=O. The first-order valence-corrected chi connectivity index (χ1v) is 5.40. The van der Waals surface area contributed by atoms with Gasteiger partial charge in [0.2, 0.25) is 0 Å². The summed E-state index contributed by atoms with van der Waals surface area (Å²) in [6.07, 6.45) is 3.29. The summed E-state index contributed by atoms with van der Waals surface area (Å²) in [4.78, 5) is 20.7. The van der Waals surface area contributed by atoms with E-state index in [0.717, 1.165) is 12.8 Å². The minimum absolute atomic E-state index is 0.226. The molecule has 0 heterocycles. The molecule has 5 nitrogen and oxygen atoms in total. The van der Waals surface area contributed by atoms with Crippen molar-refractivity contribution in [3.05, 3.63) is 0 Å². The Kier molecular flexibility index (Phi) is 8.36. The van der Waals surface area contributed by atoms with E-state index in [1.54, 1.807) is 0 Å². The van der Waals surface area contributed by atoms with E-state index in [9.17, 15) is 13.8 Å². The Bertz CT molecular complexity index is 204. The first-order chi connectivity index (χ1) is 6.70. The lowest BCUT2D eigenvalue weighted by atomic mass is 10.2. The second-order valence-corrected chi connectivity index (χ2v) is 3.38. The smallest absolute Gasteiger partial charge is 0.343 e. The molecule has 1 atom stereocenters. The van der Waals surface area contributed by atoms with Crippen molar-refractivity contribution < 1.29 is 22.2 Å². The number of hydrogen-bond donors (Lipinski definition) is 0. The summed E-state index contributed by atoms with van der Waals surface area (Å²) in [6, 6.07) is 0. The van der Waals surface area contributed by atoms with Crippen molar-refractivity contribution in [2.24, 2.45) is 0 Å². The Morgan fingerprint density at radius 3 is 2.71 bits per heavy atom. The molecule has 0 fully saturated rings. The summed E-state index contributed by atoms with van der Waals surface area (Å²) in [5.41, 5.74) is 0. The van der Waals surface area contributed by atoms with Crippen molar-refractivity contribution in [2.75, 3.05) is 6.61 Å². The van der Waals surface area contributed by atoms with Crippen LogP contribution in [0, 0.1) is 0 Å². The Morgan fingerprint density at radius 2 is 2.14 bits per heavy atom. The predicted octanol–water partition coefficient (Wildman–Crippen LogP) is 0.904. The molecule has 0 aromatic heterocycles. The Morgan fingerprint density at radius 1 is 1.43 bits per heavy atom. The minimum atomic E-state index is -2.14. The molecule has 0 aromatic carbocycles. The van der Waals surface area contributed by atoms with Crippen LogP contribution in [0.1, 0.15) is 32.6 Å². The molecule has 0 N–H and O–H groups in total. The van der Waals surface area contributed by atoms with Crippen LogP contribution in [0.2, 0.25) is 0 Å². The zero-order chi connectivity index (χ0) is 10.8. The zero-order valence-corrected chi connectivity index (χ0v) is 8.88. The Hall–Kier alpha value is -0.750. The van der Waals surface area contributed by atoms with E-state index in [0.29, 0.717) is 12.7 Å². The summed E-state index contributed by atoms with van der Waals surface area (Å²) in [7, 11) is 0. The quantitative estimate of drug-likeness (QED) is 0.451. The normalized spacial score (nSPS) is 12.1. The van der Waals surface area contributed by atoms with Crippen LogP contribution in [0.3, 0.4) is 0 Å². The Balaban J connectivity index is 3.50. The van der Waals surface area contributed by atoms with Gasteiger partial charge in [0.1, 0.15) is 12.9 Å². The van der Waals surface area contributed by atoms with Crippen LogP contribution in [0.4, 0.5) is 0 Å². The van der Waals surface area contributed by atoms with Crippen LogP contribution >= 0.6 is 0 Å². The van der Waals surface area contributed by atoms with Gasteiger partial charge in [-0.25, -0.2) is 0 Å². The molecule has 0 aliphatic heterocycles. The predicted molar refractivity (Wildman–Crippen MR) is 50.4 cm³/mol. The fourth-order valence-electron chi connectivity index (χ4n) is 0.744. The van der Waals surface area contributed by atoms with Gasteiger partial charge in [0.05, 0.1) is 0 Å². The standard InChI is InChI=1S/C8H14O5S/c1-2-3-4-5-8(10)13-14(11)12-7-6-9/h6H,2-5,7H2,1H3. The van der Waals surface area contributed by atoms with Gasteiger partial charge in [-0.2, -0.15) is 4.21 Å². The van der Waals surface area contributed by atoms with Crippen molar-refractivity contribution >= 4 is 23.6 Å². The topological polar surface area (TPSA) is 69.7 Å². The first kappa shape index (κ1) is 13.2. The molecule has 0 saturated heterocycles. The van der Waals surface area contributed by atoms with Gasteiger partial charge >= 0.3 is 17.3 Å². The molecule has 0 spiro atoms. The summed E-state index contributed by atoms with van der Waals surface area (Å²) in [6.45, 7) is 1.67. The van der Waals surface area contributed by atoms with Gasteiger partial charge in [0, 0.05) is 6.42 Å². The molecule has 0 aliphatic rings. The van der Waals surface area contributed by atoms with Crippen molar-refractivity contribution in [2.45, 2.75) is 32.6 Å². The summed E-state index contributed by atoms with van der Waals surface area (Å²) < 4.78 is 19.4. The molecule has 0 bridgehead atoms. The fourth-order valence-corrected chi connectivity index (χ4v) is 1.19. The van der Waals surface area contributed by atoms with Gasteiger partial charge in [0.15, 0.2) is 0 Å². The average molecular weight is 222 g/mol. The van der Waals surface area contributed by atoms with E-state index in [1.807, 2.05) is 6.92 Å². The second-order valence-electron chi connectivity index (χ2n) is 2.57. The molecule has 0 aromatic rings. The molecule has 14 heavy (non-hydrogen) atoms. The van der Waals surface area contributed by atoms with E-state index >= 15 is 0 Å². The largest absolute Gasteiger partial charge is 0.363 e. The maximum Gasteiger partial charge on any atom is 0.363 e. The molecule has 0 rings (SSSR count). The number of carbonyl (C=O) groups is 2. The second kappa shape index (κ2) is 8.83. The van der Waals surface area contributed by atoms with Gasteiger partial charge in [-0.05, 0) is 6.42 Å². The fraction of sp³-hybridized carbons (Fsp3) is 0.750. The molecular weight excluding hydrogens is 208 g/mol. The van der Waals surface area contributed by atoms with Crippen LogP contribution in [0.5, 0.6) is 0 Å². The van der Waals surface area contributed by atoms with Crippen molar-refractivity contribution in [1.29, 1.82) is 0 Å². The van der Waals surface area contributed by atoms with Crippen molar-refractivity contribution in [3.63, 3.8) is 0 Å². The molecule has 6 heteroatoms. The molecular formula is C8H14O5S. The summed E-state index contributed by atoms with van der Waals surface area (Å²) in [5, 5.41) is 0. The number of carbonyl (C=O) groups excluding carboxylic acids is 2. The molecule has 1 unspecified atom stereocenters. The number of aldehydes is 1. The minimum Gasteiger partial charge on any atom is -0.343 e. The maximum atomic E-state index is 10.9. The molecule has 82 valence electrons. The third-order valence-corrected chi connectivity index (χ3v) is 2.03. The van der Waals surface area contributed by atoms with Crippen molar-refractivity contribution in [3.8, 4) is 0 Å². The van der Waals surface area contributed by atoms with Crippen LogP contribution < -0.4 is 0 Å². The third-order valence-electron chi connectivity index (χ3n) is 1.38. The molecule has 0 amide bonds. The number of rotatable bonds is 8. The average Bonchev–Trinajstić information content (AvgIpc) is 2.15. The Labute approximate surface area is 85.6 Å². The van der Waals surface area contributed by atoms with Crippen LogP contribution in [0.25, 0.3) is 0 Å². The molecule has 0 saturated carbocycles. The number of unbranched alkanes of at least 4 members (excludes halogenated alkanes) is 2. The van der Waals surface area contributed by atoms with Crippen molar-refractivity contribution in [1.82, 2.24) is 0 Å². The molecule has 0 radical (unpaired) electrons. The lowest BCUT2D eigenvalue weighted by Gasteiger charge is -2.00. The van der Waals surface area contributed by atoms with Crippen LogP contribution in [-0.4, -0.2) is 23.1 Å². The summed E-state index contributed by atoms with van der Waals surface area (Å²) >= 11 is -2.14. The molecule has 0 aliphatic carbocycles. The third kappa shape index (κ3) is 7.88. The van der Waals surface area contributed by atoms with Gasteiger partial charge in [-0.15, -0.1) is 0 Å². The van der Waals surface area contributed by atoms with E-state index in [4.69, 9.17) is 0 Å². The highest BCUT2D eigenvalue weighted by Gasteiger charge is 2.08. The summed E-state index contributed by atoms with van der Waals surface area (Å²) in [5.74, 6) is -0.567. The van der Waals surface area contributed by atoms with Crippen LogP contribution in [-0.2, 0) is 29.3 Å². The first-order valence-electron chi connectivity index (χ1n) is 4.40. The lowest BCUT2D eigenvalue weighted by Crippen LogP contribution is -2.10. The maximum absolute atomic E-state index is 10.9. The van der Waals surface area contributed by atoms with E-state index < -0.39 is 17.3 Å². The highest BCUT2D eigenvalue weighted by atomic mass is 32.2. The van der Waals surface area contributed by atoms with E-state index in [-0.39, 0.29) is 13.0 Å². The van der Waals surface area contributed by atoms with E-state index in [2.05, 4.69) is 8.37 Å². The number of hydrogen-bond acceptors (Lipinski definition) is 5. The van der Waals surface area contributed by atoms with Gasteiger partial charge in [-0.3, -0.25) is 8.98 Å². The van der Waals surface area contributed by atoms with E-state index in [1.165, 1.54) is 0 Å². The van der Waals surface area contributed by atoms with Crippen LogP contribution in [0.15, 0.2) is 0 Å². The van der Waals surface area contributed by atoms with Gasteiger partial charge in [-0.1, -0.05) is 19.8 Å². The van der Waals surface area contributed by atoms with Gasteiger partial charge < -0.3 is 8.98 Å². The monoisotopic (exact) mass is 222 g/mol.